The minimum Gasteiger partial charge on any atom is -0.352 e. The summed E-state index contributed by atoms with van der Waals surface area (Å²) >= 11 is 6.17. The van der Waals surface area contributed by atoms with Crippen molar-refractivity contribution in [2.75, 3.05) is 10.2 Å². The van der Waals surface area contributed by atoms with Crippen LogP contribution >= 0.6 is 11.6 Å². The number of rotatable bonds is 4. The Kier molecular flexibility index (Phi) is 5.55. The molecule has 0 radical (unpaired) electrons. The van der Waals surface area contributed by atoms with Crippen LogP contribution in [-0.2, 0) is 10.2 Å². The molecule has 1 amide bonds. The van der Waals surface area contributed by atoms with E-state index in [-0.39, 0.29) is 17.5 Å². The van der Waals surface area contributed by atoms with E-state index in [4.69, 9.17) is 11.6 Å². The van der Waals surface area contributed by atoms with Crippen LogP contribution < -0.4 is 10.2 Å². The van der Waals surface area contributed by atoms with Crippen molar-refractivity contribution in [3.05, 3.63) is 136 Å². The Bertz CT molecular complexity index is 1730. The van der Waals surface area contributed by atoms with Crippen LogP contribution in [0.5, 0.6) is 0 Å². The molecule has 3 aliphatic heterocycles. The molecule has 40 heavy (non-hydrogen) atoms. The number of allylic oxidation sites excluding steroid dienone is 1. The molecule has 5 nitrogen and oxygen atoms in total. The number of fused-ring (bicyclic) bond motifs is 6. The number of para-hydroxylation sites is 2. The topological polar surface area (TPSA) is 66.5 Å². The first-order valence-electron chi connectivity index (χ1n) is 13.3. The molecule has 0 bridgehead atoms. The second kappa shape index (κ2) is 9.04. The lowest BCUT2D eigenvalue weighted by molar-refractivity contribution is -0.121. The molecule has 0 unspecified atom stereocenters. The molecule has 0 saturated carbocycles. The van der Waals surface area contributed by atoms with Crippen LogP contribution in [0.3, 0.4) is 0 Å². The Hall–Kier alpha value is -4.48. The highest BCUT2D eigenvalue weighted by Crippen LogP contribution is 2.58. The summed E-state index contributed by atoms with van der Waals surface area (Å²) in [5, 5.41) is 3.57. The first-order valence-corrected chi connectivity index (χ1v) is 13.7. The van der Waals surface area contributed by atoms with Gasteiger partial charge in [-0.15, -0.1) is 0 Å². The third-order valence-electron chi connectivity index (χ3n) is 8.62. The summed E-state index contributed by atoms with van der Waals surface area (Å²) in [6.07, 6.45) is 2.06. The molecule has 4 atom stereocenters. The Balaban J connectivity index is 1.56. The van der Waals surface area contributed by atoms with Crippen molar-refractivity contribution in [2.24, 2.45) is 5.92 Å². The van der Waals surface area contributed by atoms with Gasteiger partial charge in [-0.1, -0.05) is 84.4 Å². The molecule has 1 spiro atoms. The van der Waals surface area contributed by atoms with E-state index in [1.165, 1.54) is 0 Å². The van der Waals surface area contributed by atoms with E-state index in [2.05, 4.69) is 11.4 Å². The first kappa shape index (κ1) is 24.6. The highest BCUT2D eigenvalue weighted by atomic mass is 35.5. The zero-order valence-electron chi connectivity index (χ0n) is 21.7. The number of nitrogens with zero attached hydrogens (tertiary/aromatic N) is 1. The average Bonchev–Trinajstić information content (AvgIpc) is 3.45. The minimum absolute atomic E-state index is 0.199. The van der Waals surface area contributed by atoms with Gasteiger partial charge in [0.2, 0.25) is 5.91 Å². The molecule has 3 heterocycles. The number of ketones is 2. The number of hydrogen-bond acceptors (Lipinski definition) is 4. The van der Waals surface area contributed by atoms with Gasteiger partial charge in [0.05, 0.1) is 12.0 Å². The third-order valence-corrected chi connectivity index (χ3v) is 8.87. The van der Waals surface area contributed by atoms with Crippen LogP contribution in [0, 0.1) is 5.92 Å². The van der Waals surface area contributed by atoms with E-state index in [0.717, 1.165) is 22.4 Å². The van der Waals surface area contributed by atoms with Crippen molar-refractivity contribution in [1.29, 1.82) is 0 Å². The lowest BCUT2D eigenvalue weighted by Gasteiger charge is -2.39. The van der Waals surface area contributed by atoms with Gasteiger partial charge in [-0.2, -0.15) is 0 Å². The van der Waals surface area contributed by atoms with Crippen LogP contribution in [0.4, 0.5) is 11.4 Å². The number of anilines is 2. The number of hydrogen-bond donors (Lipinski definition) is 1. The Morgan fingerprint density at radius 1 is 0.800 bits per heavy atom. The molecule has 4 aromatic rings. The number of carbonyl (C=O) groups excluding carboxylic acids is 3. The fourth-order valence-corrected chi connectivity index (χ4v) is 7.08. The van der Waals surface area contributed by atoms with Gasteiger partial charge in [0, 0.05) is 33.1 Å². The molecule has 1 fully saturated rings. The maximum Gasteiger partial charge on any atom is 0.238 e. The molecule has 4 aromatic carbocycles. The van der Waals surface area contributed by atoms with E-state index < -0.39 is 23.4 Å². The third kappa shape index (κ3) is 3.31. The fourth-order valence-electron chi connectivity index (χ4n) is 6.95. The maximum absolute atomic E-state index is 14.7. The van der Waals surface area contributed by atoms with Gasteiger partial charge in [-0.3, -0.25) is 14.4 Å². The summed E-state index contributed by atoms with van der Waals surface area (Å²) < 4.78 is 0. The molecule has 1 N–H and O–H groups in total. The van der Waals surface area contributed by atoms with Gasteiger partial charge in [0.25, 0.3) is 0 Å². The molecule has 7 rings (SSSR count). The van der Waals surface area contributed by atoms with E-state index in [9.17, 15) is 14.4 Å². The number of Topliss-reactive ketones (excluding diaryl/α,β-unsaturated/α-hetero) is 2. The monoisotopic (exact) mass is 544 g/mol. The van der Waals surface area contributed by atoms with Crippen molar-refractivity contribution in [3.63, 3.8) is 0 Å². The Morgan fingerprint density at radius 3 is 2.23 bits per heavy atom. The summed E-state index contributed by atoms with van der Waals surface area (Å²) in [6.45, 7) is 2.02. The highest BCUT2D eigenvalue weighted by molar-refractivity contribution is 6.30. The largest absolute Gasteiger partial charge is 0.352 e. The summed E-state index contributed by atoms with van der Waals surface area (Å²) in [5.74, 6) is -1.75. The van der Waals surface area contributed by atoms with Gasteiger partial charge < -0.3 is 10.2 Å². The number of nitrogens with one attached hydrogen (secondary N) is 1. The maximum atomic E-state index is 14.7. The summed E-state index contributed by atoms with van der Waals surface area (Å²) in [6, 6.07) is 29.6. The smallest absolute Gasteiger partial charge is 0.238 e. The quantitative estimate of drug-likeness (QED) is 0.294. The van der Waals surface area contributed by atoms with Crippen LogP contribution in [-0.4, -0.2) is 29.6 Å². The van der Waals surface area contributed by atoms with Crippen molar-refractivity contribution in [2.45, 2.75) is 24.4 Å². The molecular weight excluding hydrogens is 520 g/mol. The predicted octanol–water partition coefficient (Wildman–Crippen LogP) is 6.59. The normalized spacial score (nSPS) is 24.1. The van der Waals surface area contributed by atoms with Gasteiger partial charge >= 0.3 is 0 Å². The molecule has 196 valence electrons. The highest BCUT2D eigenvalue weighted by Gasteiger charge is 2.70. The van der Waals surface area contributed by atoms with Crippen molar-refractivity contribution in [1.82, 2.24) is 0 Å². The zero-order chi connectivity index (χ0) is 27.6. The number of carbonyl (C=O) groups is 3. The van der Waals surface area contributed by atoms with E-state index in [1.54, 1.807) is 36.4 Å². The molecule has 0 aliphatic carbocycles. The van der Waals surface area contributed by atoms with Crippen molar-refractivity contribution >= 4 is 46.0 Å². The fraction of sp³-hybridized carbons (Fsp3) is 0.147. The van der Waals surface area contributed by atoms with E-state index in [0.29, 0.717) is 21.8 Å². The predicted molar refractivity (Wildman–Crippen MR) is 157 cm³/mol. The zero-order valence-corrected chi connectivity index (χ0v) is 22.4. The summed E-state index contributed by atoms with van der Waals surface area (Å²) in [5.41, 5.74) is 3.78. The van der Waals surface area contributed by atoms with Crippen molar-refractivity contribution in [3.8, 4) is 0 Å². The van der Waals surface area contributed by atoms with Crippen LogP contribution in [0.1, 0.15) is 38.8 Å². The van der Waals surface area contributed by atoms with Crippen molar-refractivity contribution < 1.29 is 14.4 Å². The van der Waals surface area contributed by atoms with Gasteiger partial charge in [0.1, 0.15) is 11.5 Å². The summed E-state index contributed by atoms with van der Waals surface area (Å²) in [7, 11) is 0. The molecule has 1 saturated heterocycles. The first-order chi connectivity index (χ1) is 19.4. The molecular formula is C34H25ClN2O3. The Labute approximate surface area is 237 Å². The van der Waals surface area contributed by atoms with Crippen LogP contribution in [0.2, 0.25) is 5.02 Å². The van der Waals surface area contributed by atoms with Gasteiger partial charge in [-0.05, 0) is 54.5 Å². The number of amides is 1. The Morgan fingerprint density at radius 2 is 1.45 bits per heavy atom. The molecule has 3 aliphatic rings. The summed E-state index contributed by atoms with van der Waals surface area (Å²) in [4.78, 5) is 45.7. The minimum atomic E-state index is -1.34. The SMILES string of the molecule is CC1=C[C@@H]2N(c3ccccc31)[C@@H](C(=O)c1ccccc1)[C@@H](C(=O)c1ccc(Cl)cc1)[C@]21C(=O)Nc2ccccc21. The standard InChI is InChI=1S/C34H25ClN2O3/c1-20-19-28-34(25-12-6-7-13-26(25)36-33(34)40)29(31(38)22-15-17-23(35)18-16-22)30(32(39)21-9-3-2-4-10-21)37(28)27-14-8-5-11-24(20)27/h2-19,28-30H,1H3,(H,36,40)/t28-,29-,30+,34+/m0/s1. The van der Waals surface area contributed by atoms with E-state index in [1.807, 2.05) is 78.6 Å². The lowest BCUT2D eigenvalue weighted by Crippen LogP contribution is -2.51. The second-order valence-corrected chi connectivity index (χ2v) is 11.0. The van der Waals surface area contributed by atoms with Gasteiger partial charge in [-0.25, -0.2) is 0 Å². The number of benzene rings is 4. The molecule has 6 heteroatoms. The van der Waals surface area contributed by atoms with Gasteiger partial charge in [0.15, 0.2) is 11.6 Å². The second-order valence-electron chi connectivity index (χ2n) is 10.6. The lowest BCUT2D eigenvalue weighted by atomic mass is 9.64. The van der Waals surface area contributed by atoms with Crippen LogP contribution in [0.25, 0.3) is 5.57 Å². The van der Waals surface area contributed by atoms with E-state index >= 15 is 0 Å². The number of halogens is 1. The van der Waals surface area contributed by atoms with Crippen LogP contribution in [0.15, 0.2) is 109 Å². The molecule has 0 aromatic heterocycles. The average molecular weight is 545 g/mol.